The van der Waals surface area contributed by atoms with E-state index in [9.17, 15) is 0 Å². The van der Waals surface area contributed by atoms with Crippen molar-refractivity contribution in [3.8, 4) is 0 Å². The number of nitrogens with zero attached hydrogens (tertiary/aromatic N) is 1. The highest BCUT2D eigenvalue weighted by Gasteiger charge is 2.09. The van der Waals surface area contributed by atoms with Gasteiger partial charge in [-0.05, 0) is 32.0 Å². The first-order valence-electron chi connectivity index (χ1n) is 5.99. The largest absolute Gasteiger partial charge is 0.465 e. The first kappa shape index (κ1) is 14.0. The fraction of sp³-hybridized carbons (Fsp3) is 0.308. The highest BCUT2D eigenvalue weighted by Crippen LogP contribution is 2.29. The van der Waals surface area contributed by atoms with Crippen LogP contribution in [0.2, 0.25) is 10.0 Å². The van der Waals surface area contributed by atoms with E-state index < -0.39 is 0 Å². The molecule has 6 heteroatoms. The molecular formula is C13H15Cl2N3O. The summed E-state index contributed by atoms with van der Waals surface area (Å²) in [5.41, 5.74) is 0. The van der Waals surface area contributed by atoms with E-state index in [4.69, 9.17) is 27.6 Å². The van der Waals surface area contributed by atoms with Crippen molar-refractivity contribution in [3.63, 3.8) is 0 Å². The number of aryl methyl sites for hydroxylation is 1. The summed E-state index contributed by atoms with van der Waals surface area (Å²) in [5.74, 6) is 2.90. The fourth-order valence-corrected chi connectivity index (χ4v) is 2.13. The van der Waals surface area contributed by atoms with Crippen molar-refractivity contribution in [1.29, 1.82) is 0 Å². The summed E-state index contributed by atoms with van der Waals surface area (Å²) in [4.78, 5) is 4.36. The van der Waals surface area contributed by atoms with Crippen molar-refractivity contribution in [2.24, 2.45) is 0 Å². The molecule has 0 spiro atoms. The minimum Gasteiger partial charge on any atom is -0.465 e. The first-order valence-corrected chi connectivity index (χ1v) is 6.75. The number of rotatable bonds is 5. The van der Waals surface area contributed by atoms with Crippen LogP contribution in [0.5, 0.6) is 0 Å². The Morgan fingerprint density at radius 1 is 1.16 bits per heavy atom. The van der Waals surface area contributed by atoms with Gasteiger partial charge in [-0.25, -0.2) is 4.98 Å². The van der Waals surface area contributed by atoms with Gasteiger partial charge in [-0.3, -0.25) is 0 Å². The lowest BCUT2D eigenvalue weighted by Crippen LogP contribution is -2.05. The molecule has 0 aliphatic carbocycles. The summed E-state index contributed by atoms with van der Waals surface area (Å²) in [6.07, 6.45) is 0. The molecule has 102 valence electrons. The summed E-state index contributed by atoms with van der Waals surface area (Å²) < 4.78 is 5.47. The summed E-state index contributed by atoms with van der Waals surface area (Å²) in [6, 6.07) is 5.50. The lowest BCUT2D eigenvalue weighted by Gasteiger charge is -2.10. The average molecular weight is 300 g/mol. The molecule has 0 aromatic carbocycles. The standard InChI is InChI=1S/C13H15Cl2N3O/c1-3-16-12-10(14)6-11(15)13(18-12)17-7-9-5-4-8(2)19-9/h4-6H,3,7H2,1-2H3,(H2,16,17,18). The van der Waals surface area contributed by atoms with Crippen molar-refractivity contribution < 1.29 is 4.42 Å². The molecule has 2 rings (SSSR count). The van der Waals surface area contributed by atoms with E-state index in [0.717, 1.165) is 18.1 Å². The highest BCUT2D eigenvalue weighted by atomic mass is 35.5. The normalized spacial score (nSPS) is 10.5. The number of hydrogen-bond donors (Lipinski definition) is 2. The Balaban J connectivity index is 2.13. The fourth-order valence-electron chi connectivity index (χ4n) is 1.63. The summed E-state index contributed by atoms with van der Waals surface area (Å²) in [5, 5.41) is 7.20. The summed E-state index contributed by atoms with van der Waals surface area (Å²) in [6.45, 7) is 5.14. The van der Waals surface area contributed by atoms with E-state index in [2.05, 4.69) is 15.6 Å². The lowest BCUT2D eigenvalue weighted by atomic mass is 10.4. The molecule has 0 fully saturated rings. The molecule has 0 amide bonds. The van der Waals surface area contributed by atoms with Gasteiger partial charge in [0, 0.05) is 6.54 Å². The third-order valence-electron chi connectivity index (χ3n) is 2.50. The van der Waals surface area contributed by atoms with Gasteiger partial charge in [0.15, 0.2) is 0 Å². The maximum Gasteiger partial charge on any atom is 0.147 e. The van der Waals surface area contributed by atoms with Crippen LogP contribution in [0.1, 0.15) is 18.4 Å². The topological polar surface area (TPSA) is 50.1 Å². The number of anilines is 2. The SMILES string of the molecule is CCNc1nc(NCc2ccc(C)o2)c(Cl)cc1Cl. The van der Waals surface area contributed by atoms with Crippen molar-refractivity contribution >= 4 is 34.8 Å². The minimum absolute atomic E-state index is 0.481. The molecule has 0 bridgehead atoms. The average Bonchev–Trinajstić information content (AvgIpc) is 2.77. The lowest BCUT2D eigenvalue weighted by molar-refractivity contribution is 0.490. The molecule has 2 aromatic rings. The maximum atomic E-state index is 6.11. The number of halogens is 2. The molecule has 0 saturated carbocycles. The Bertz CT molecular complexity index is 569. The third-order valence-corrected chi connectivity index (χ3v) is 3.08. The van der Waals surface area contributed by atoms with Crippen LogP contribution in [0.15, 0.2) is 22.6 Å². The van der Waals surface area contributed by atoms with Crippen LogP contribution in [0, 0.1) is 6.92 Å². The predicted octanol–water partition coefficient (Wildman–Crippen LogP) is 4.33. The number of nitrogens with one attached hydrogen (secondary N) is 2. The minimum atomic E-state index is 0.481. The smallest absolute Gasteiger partial charge is 0.147 e. The van der Waals surface area contributed by atoms with Crippen LogP contribution in [-0.2, 0) is 6.54 Å². The van der Waals surface area contributed by atoms with E-state index >= 15 is 0 Å². The number of pyridine rings is 1. The van der Waals surface area contributed by atoms with Crippen molar-refractivity contribution in [3.05, 3.63) is 39.8 Å². The molecule has 0 unspecified atom stereocenters. The number of furan rings is 1. The van der Waals surface area contributed by atoms with Gasteiger partial charge in [-0.15, -0.1) is 0 Å². The van der Waals surface area contributed by atoms with E-state index in [-0.39, 0.29) is 0 Å². The molecule has 2 N–H and O–H groups in total. The summed E-state index contributed by atoms with van der Waals surface area (Å²) >= 11 is 12.2. The Morgan fingerprint density at radius 2 is 1.84 bits per heavy atom. The van der Waals surface area contributed by atoms with E-state index in [1.807, 2.05) is 26.0 Å². The quantitative estimate of drug-likeness (QED) is 0.862. The zero-order chi connectivity index (χ0) is 13.8. The van der Waals surface area contributed by atoms with Crippen LogP contribution in [0.25, 0.3) is 0 Å². The molecule has 0 aliphatic heterocycles. The van der Waals surface area contributed by atoms with Gasteiger partial charge in [0.05, 0.1) is 16.6 Å². The van der Waals surface area contributed by atoms with Gasteiger partial charge in [0.2, 0.25) is 0 Å². The molecule has 4 nitrogen and oxygen atoms in total. The summed E-state index contributed by atoms with van der Waals surface area (Å²) in [7, 11) is 0. The zero-order valence-corrected chi connectivity index (χ0v) is 12.3. The monoisotopic (exact) mass is 299 g/mol. The maximum absolute atomic E-state index is 6.11. The van der Waals surface area contributed by atoms with Crippen LogP contribution in [-0.4, -0.2) is 11.5 Å². The second kappa shape index (κ2) is 6.17. The molecule has 0 aliphatic rings. The van der Waals surface area contributed by atoms with E-state index in [1.54, 1.807) is 6.07 Å². The van der Waals surface area contributed by atoms with Gasteiger partial charge in [0.25, 0.3) is 0 Å². The highest BCUT2D eigenvalue weighted by molar-refractivity contribution is 6.37. The first-order chi connectivity index (χ1) is 9.10. The van der Waals surface area contributed by atoms with Crippen LogP contribution >= 0.6 is 23.2 Å². The molecule has 0 saturated heterocycles. The molecule has 0 radical (unpaired) electrons. The molecule has 2 heterocycles. The number of hydrogen-bond acceptors (Lipinski definition) is 4. The molecule has 0 atom stereocenters. The van der Waals surface area contributed by atoms with Gasteiger partial charge in [-0.1, -0.05) is 23.2 Å². The Labute approximate surface area is 122 Å². The zero-order valence-electron chi connectivity index (χ0n) is 10.8. The van der Waals surface area contributed by atoms with Crippen LogP contribution < -0.4 is 10.6 Å². The Morgan fingerprint density at radius 3 is 2.42 bits per heavy atom. The Hall–Kier alpha value is -1.39. The predicted molar refractivity (Wildman–Crippen MR) is 79.2 cm³/mol. The number of aromatic nitrogens is 1. The molecule has 19 heavy (non-hydrogen) atoms. The van der Waals surface area contributed by atoms with E-state index in [0.29, 0.717) is 28.2 Å². The van der Waals surface area contributed by atoms with E-state index in [1.165, 1.54) is 0 Å². The second-order valence-corrected chi connectivity index (χ2v) is 4.86. The third kappa shape index (κ3) is 3.55. The van der Waals surface area contributed by atoms with Gasteiger partial charge >= 0.3 is 0 Å². The van der Waals surface area contributed by atoms with Crippen molar-refractivity contribution in [2.45, 2.75) is 20.4 Å². The van der Waals surface area contributed by atoms with Crippen molar-refractivity contribution in [2.75, 3.05) is 17.2 Å². The van der Waals surface area contributed by atoms with Gasteiger partial charge in [-0.2, -0.15) is 0 Å². The molecular weight excluding hydrogens is 285 g/mol. The van der Waals surface area contributed by atoms with Gasteiger partial charge < -0.3 is 15.1 Å². The van der Waals surface area contributed by atoms with Crippen LogP contribution in [0.4, 0.5) is 11.6 Å². The van der Waals surface area contributed by atoms with Crippen LogP contribution in [0.3, 0.4) is 0 Å². The van der Waals surface area contributed by atoms with Crippen molar-refractivity contribution in [1.82, 2.24) is 4.98 Å². The Kier molecular flexibility index (Phi) is 4.56. The molecule has 2 aromatic heterocycles. The second-order valence-electron chi connectivity index (χ2n) is 4.05. The van der Waals surface area contributed by atoms with Gasteiger partial charge in [0.1, 0.15) is 23.2 Å².